The Labute approximate surface area is 181 Å². The average molecular weight is 492 g/mol. The first-order valence-electron chi connectivity index (χ1n) is 10.6. The minimum absolute atomic E-state index is 0. The van der Waals surface area contributed by atoms with Crippen LogP contribution in [-0.4, -0.2) is 62.7 Å². The number of halogens is 1. The van der Waals surface area contributed by atoms with E-state index in [0.29, 0.717) is 11.9 Å². The Kier molecular flexibility index (Phi) is 10.2. The van der Waals surface area contributed by atoms with E-state index in [9.17, 15) is 4.79 Å². The van der Waals surface area contributed by atoms with E-state index in [0.717, 1.165) is 70.4 Å². The summed E-state index contributed by atoms with van der Waals surface area (Å²) in [5, 5.41) is 6.84. The van der Waals surface area contributed by atoms with Gasteiger partial charge in [0.1, 0.15) is 0 Å². The highest BCUT2D eigenvalue weighted by Crippen LogP contribution is 2.28. The van der Waals surface area contributed by atoms with Gasteiger partial charge in [-0.25, -0.2) is 0 Å². The minimum atomic E-state index is 0. The number of aliphatic imine (C=N–C) groups is 1. The molecule has 0 radical (unpaired) electrons. The zero-order chi connectivity index (χ0) is 18.2. The first-order valence-corrected chi connectivity index (χ1v) is 10.6. The van der Waals surface area contributed by atoms with Gasteiger partial charge in [-0.05, 0) is 44.4 Å². The standard InChI is InChI=1S/C20H36N4O2.HI/c1-21-20(22-11-5-13-26-15-16-8-9-16)23-18-10-12-24(14-18)19(25)17-6-3-2-4-7-17;/h16-18H,2-15H2,1H3,(H2,21,22,23);1H. The van der Waals surface area contributed by atoms with Gasteiger partial charge in [0.15, 0.2) is 5.96 Å². The van der Waals surface area contributed by atoms with Crippen molar-refractivity contribution >= 4 is 35.8 Å². The van der Waals surface area contributed by atoms with Crippen molar-refractivity contribution in [1.82, 2.24) is 15.5 Å². The van der Waals surface area contributed by atoms with Gasteiger partial charge in [0.25, 0.3) is 0 Å². The Bertz CT molecular complexity index is 479. The molecule has 1 saturated heterocycles. The van der Waals surface area contributed by atoms with E-state index in [1.54, 1.807) is 7.05 Å². The lowest BCUT2D eigenvalue weighted by atomic mass is 9.88. The first-order chi connectivity index (χ1) is 12.8. The van der Waals surface area contributed by atoms with Gasteiger partial charge in [-0.1, -0.05) is 19.3 Å². The molecule has 1 unspecified atom stereocenters. The molecule has 3 rings (SSSR count). The average Bonchev–Trinajstić information content (AvgIpc) is 3.39. The molecule has 2 aliphatic carbocycles. The number of likely N-dealkylation sites (tertiary alicyclic amines) is 1. The molecule has 1 amide bonds. The second kappa shape index (κ2) is 12.1. The third kappa shape index (κ3) is 7.75. The molecule has 1 atom stereocenters. The molecule has 1 aliphatic heterocycles. The van der Waals surface area contributed by atoms with Crippen LogP contribution in [0.5, 0.6) is 0 Å². The van der Waals surface area contributed by atoms with Gasteiger partial charge in [0.2, 0.25) is 5.91 Å². The number of nitrogens with zero attached hydrogens (tertiary/aromatic N) is 2. The summed E-state index contributed by atoms with van der Waals surface area (Å²) in [5.74, 6) is 2.32. The minimum Gasteiger partial charge on any atom is -0.381 e. The quantitative estimate of drug-likeness (QED) is 0.237. The third-order valence-electron chi connectivity index (χ3n) is 5.83. The van der Waals surface area contributed by atoms with Gasteiger partial charge in [0.05, 0.1) is 0 Å². The van der Waals surface area contributed by atoms with Crippen molar-refractivity contribution in [3.63, 3.8) is 0 Å². The van der Waals surface area contributed by atoms with Crippen molar-refractivity contribution < 1.29 is 9.53 Å². The maximum atomic E-state index is 12.7. The van der Waals surface area contributed by atoms with Crippen molar-refractivity contribution in [3.05, 3.63) is 0 Å². The molecule has 0 aromatic heterocycles. The number of guanidine groups is 1. The lowest BCUT2D eigenvalue weighted by molar-refractivity contribution is -0.135. The topological polar surface area (TPSA) is 66.0 Å². The summed E-state index contributed by atoms with van der Waals surface area (Å²) in [4.78, 5) is 19.0. The summed E-state index contributed by atoms with van der Waals surface area (Å²) >= 11 is 0. The van der Waals surface area contributed by atoms with Gasteiger partial charge in [0, 0.05) is 51.9 Å². The fourth-order valence-electron chi connectivity index (χ4n) is 3.99. The number of rotatable bonds is 8. The molecule has 2 N–H and O–H groups in total. The molecular weight excluding hydrogens is 455 g/mol. The van der Waals surface area contributed by atoms with Gasteiger partial charge >= 0.3 is 0 Å². The Morgan fingerprint density at radius 2 is 1.93 bits per heavy atom. The Balaban J connectivity index is 0.00000261. The SMILES string of the molecule is CN=C(NCCCOCC1CC1)NC1CCN(C(=O)C2CCCCC2)C1.I. The monoisotopic (exact) mass is 492 g/mol. The van der Waals surface area contributed by atoms with Crippen LogP contribution in [0.25, 0.3) is 0 Å². The van der Waals surface area contributed by atoms with Gasteiger partial charge in [-0.2, -0.15) is 0 Å². The number of hydrogen-bond donors (Lipinski definition) is 2. The molecule has 3 aliphatic rings. The van der Waals surface area contributed by atoms with Crippen LogP contribution in [0.15, 0.2) is 4.99 Å². The van der Waals surface area contributed by atoms with Crippen LogP contribution in [0.1, 0.15) is 57.8 Å². The van der Waals surface area contributed by atoms with E-state index in [4.69, 9.17) is 4.74 Å². The predicted octanol–water partition coefficient (Wildman–Crippen LogP) is 2.77. The number of hydrogen-bond acceptors (Lipinski definition) is 3. The predicted molar refractivity (Wildman–Crippen MR) is 120 cm³/mol. The molecule has 0 aromatic rings. The number of carbonyl (C=O) groups excluding carboxylic acids is 1. The lowest BCUT2D eigenvalue weighted by Crippen LogP contribution is -2.45. The fraction of sp³-hybridized carbons (Fsp3) is 0.900. The first kappa shape index (κ1) is 22.7. The van der Waals surface area contributed by atoms with E-state index < -0.39 is 0 Å². The molecule has 2 saturated carbocycles. The van der Waals surface area contributed by atoms with E-state index >= 15 is 0 Å². The smallest absolute Gasteiger partial charge is 0.225 e. The van der Waals surface area contributed by atoms with Crippen molar-refractivity contribution in [2.24, 2.45) is 16.8 Å². The molecule has 1 heterocycles. The van der Waals surface area contributed by atoms with Crippen LogP contribution < -0.4 is 10.6 Å². The third-order valence-corrected chi connectivity index (χ3v) is 5.83. The van der Waals surface area contributed by atoms with E-state index in [1.165, 1.54) is 32.1 Å². The molecule has 7 heteroatoms. The molecule has 0 aromatic carbocycles. The van der Waals surface area contributed by atoms with Gasteiger partial charge in [-0.3, -0.25) is 9.79 Å². The highest BCUT2D eigenvalue weighted by Gasteiger charge is 2.31. The molecule has 6 nitrogen and oxygen atoms in total. The van der Waals surface area contributed by atoms with E-state index in [2.05, 4.69) is 20.5 Å². The molecule has 0 spiro atoms. The number of ether oxygens (including phenoxy) is 1. The highest BCUT2D eigenvalue weighted by molar-refractivity contribution is 14.0. The lowest BCUT2D eigenvalue weighted by Gasteiger charge is -2.26. The number of carbonyl (C=O) groups is 1. The summed E-state index contributed by atoms with van der Waals surface area (Å²) < 4.78 is 5.66. The Morgan fingerprint density at radius 3 is 2.63 bits per heavy atom. The van der Waals surface area contributed by atoms with E-state index in [-0.39, 0.29) is 29.9 Å². The zero-order valence-corrected chi connectivity index (χ0v) is 19.1. The highest BCUT2D eigenvalue weighted by atomic mass is 127. The van der Waals surface area contributed by atoms with Crippen LogP contribution in [0.3, 0.4) is 0 Å². The van der Waals surface area contributed by atoms with Crippen molar-refractivity contribution in [1.29, 1.82) is 0 Å². The molecule has 0 bridgehead atoms. The summed E-state index contributed by atoms with van der Waals surface area (Å²) in [5.41, 5.74) is 0. The fourth-order valence-corrected chi connectivity index (χ4v) is 3.99. The normalized spacial score (nSPS) is 23.8. The second-order valence-electron chi connectivity index (χ2n) is 8.12. The van der Waals surface area contributed by atoms with Crippen molar-refractivity contribution in [2.45, 2.75) is 63.8 Å². The molecular formula is C20H37IN4O2. The number of nitrogens with one attached hydrogen (secondary N) is 2. The Hall–Kier alpha value is -0.570. The summed E-state index contributed by atoms with van der Waals surface area (Å²) in [6.07, 6.45) is 10.6. The van der Waals surface area contributed by atoms with Crippen molar-refractivity contribution in [3.8, 4) is 0 Å². The van der Waals surface area contributed by atoms with Crippen LogP contribution in [0, 0.1) is 11.8 Å². The van der Waals surface area contributed by atoms with Crippen LogP contribution in [-0.2, 0) is 9.53 Å². The van der Waals surface area contributed by atoms with Gasteiger partial charge in [-0.15, -0.1) is 24.0 Å². The summed E-state index contributed by atoms with van der Waals surface area (Å²) in [7, 11) is 1.80. The molecule has 3 fully saturated rings. The molecule has 27 heavy (non-hydrogen) atoms. The number of amides is 1. The largest absolute Gasteiger partial charge is 0.381 e. The van der Waals surface area contributed by atoms with Crippen LogP contribution >= 0.6 is 24.0 Å². The second-order valence-corrected chi connectivity index (χ2v) is 8.12. The van der Waals surface area contributed by atoms with E-state index in [1.807, 2.05) is 0 Å². The summed E-state index contributed by atoms with van der Waals surface area (Å²) in [6.45, 7) is 4.29. The Morgan fingerprint density at radius 1 is 1.15 bits per heavy atom. The zero-order valence-electron chi connectivity index (χ0n) is 16.8. The van der Waals surface area contributed by atoms with Crippen LogP contribution in [0.4, 0.5) is 0 Å². The maximum Gasteiger partial charge on any atom is 0.225 e. The molecule has 156 valence electrons. The summed E-state index contributed by atoms with van der Waals surface area (Å²) in [6, 6.07) is 0.305. The van der Waals surface area contributed by atoms with Gasteiger partial charge < -0.3 is 20.3 Å². The maximum absolute atomic E-state index is 12.7. The van der Waals surface area contributed by atoms with Crippen molar-refractivity contribution in [2.75, 3.05) is 39.9 Å². The van der Waals surface area contributed by atoms with Crippen LogP contribution in [0.2, 0.25) is 0 Å².